The van der Waals surface area contributed by atoms with E-state index in [9.17, 15) is 14.9 Å². The maximum atomic E-state index is 13.3. The Morgan fingerprint density at radius 1 is 1.21 bits per heavy atom. The molecule has 1 heterocycles. The second-order valence-electron chi connectivity index (χ2n) is 7.69. The molecule has 154 valence electrons. The van der Waals surface area contributed by atoms with Gasteiger partial charge in [-0.15, -0.1) is 0 Å². The maximum Gasteiger partial charge on any atom is 0.269 e. The Morgan fingerprint density at radius 2 is 1.93 bits per heavy atom. The van der Waals surface area contributed by atoms with Gasteiger partial charge in [0.2, 0.25) is 5.91 Å². The van der Waals surface area contributed by atoms with E-state index in [-0.39, 0.29) is 22.4 Å². The fourth-order valence-corrected chi connectivity index (χ4v) is 3.76. The molecule has 0 aliphatic carbocycles. The van der Waals surface area contributed by atoms with Crippen LogP contribution in [0.5, 0.6) is 5.75 Å². The van der Waals surface area contributed by atoms with E-state index in [1.54, 1.807) is 24.1 Å². The van der Waals surface area contributed by atoms with Gasteiger partial charge in [0.05, 0.1) is 18.6 Å². The van der Waals surface area contributed by atoms with Crippen molar-refractivity contribution in [3.05, 3.63) is 63.7 Å². The molecule has 0 fully saturated rings. The summed E-state index contributed by atoms with van der Waals surface area (Å²) in [6.45, 7) is 1.34. The van der Waals surface area contributed by atoms with E-state index >= 15 is 0 Å². The molecule has 1 aliphatic rings. The van der Waals surface area contributed by atoms with Crippen molar-refractivity contribution in [3.63, 3.8) is 0 Å². The Bertz CT molecular complexity index is 880. The fourth-order valence-electron chi connectivity index (χ4n) is 3.76. The number of hydrogen-bond acceptors (Lipinski definition) is 5. The molecule has 2 aromatic carbocycles. The van der Waals surface area contributed by atoms with Crippen molar-refractivity contribution in [2.24, 2.45) is 5.92 Å². The number of rotatable bonds is 8. The monoisotopic (exact) mass is 397 g/mol. The minimum absolute atomic E-state index is 0.0644. The lowest BCUT2D eigenvalue weighted by atomic mass is 9.87. The summed E-state index contributed by atoms with van der Waals surface area (Å²) in [7, 11) is 5.64. The predicted octanol–water partition coefficient (Wildman–Crippen LogP) is 3.65. The van der Waals surface area contributed by atoms with Crippen molar-refractivity contribution in [1.82, 2.24) is 4.90 Å². The first-order valence-electron chi connectivity index (χ1n) is 9.75. The zero-order valence-corrected chi connectivity index (χ0v) is 17.1. The topological polar surface area (TPSA) is 75.9 Å². The quantitative estimate of drug-likeness (QED) is 0.502. The first-order valence-corrected chi connectivity index (χ1v) is 9.75. The molecule has 0 saturated carbocycles. The molecule has 1 amide bonds. The van der Waals surface area contributed by atoms with Crippen molar-refractivity contribution in [3.8, 4) is 5.75 Å². The van der Waals surface area contributed by atoms with Gasteiger partial charge in [-0.05, 0) is 69.2 Å². The Balaban J connectivity index is 1.89. The maximum absolute atomic E-state index is 13.3. The average Bonchev–Trinajstić information content (AvgIpc) is 2.70. The Hall–Kier alpha value is -2.93. The molecule has 3 rings (SSSR count). The molecular weight excluding hydrogens is 370 g/mol. The molecule has 0 N–H and O–H groups in total. The summed E-state index contributed by atoms with van der Waals surface area (Å²) < 4.78 is 5.20. The van der Waals surface area contributed by atoms with E-state index in [4.69, 9.17) is 4.74 Å². The van der Waals surface area contributed by atoms with Gasteiger partial charge in [-0.3, -0.25) is 14.9 Å². The van der Waals surface area contributed by atoms with Crippen molar-refractivity contribution >= 4 is 17.3 Å². The minimum atomic E-state index is -0.383. The number of nitrogens with zero attached hydrogens (tertiary/aromatic N) is 3. The molecule has 0 saturated heterocycles. The third kappa shape index (κ3) is 4.92. The van der Waals surface area contributed by atoms with Crippen LogP contribution in [0, 0.1) is 16.0 Å². The summed E-state index contributed by atoms with van der Waals surface area (Å²) in [6, 6.07) is 12.4. The number of methoxy groups -OCH3 is 1. The zero-order valence-electron chi connectivity index (χ0n) is 17.1. The van der Waals surface area contributed by atoms with Crippen LogP contribution in [-0.2, 0) is 17.8 Å². The minimum Gasteiger partial charge on any atom is -0.497 e. The molecule has 7 heteroatoms. The van der Waals surface area contributed by atoms with Crippen LogP contribution in [0.15, 0.2) is 42.5 Å². The van der Waals surface area contributed by atoms with Crippen molar-refractivity contribution in [2.45, 2.75) is 25.8 Å². The van der Waals surface area contributed by atoms with Crippen LogP contribution in [-0.4, -0.2) is 43.5 Å². The van der Waals surface area contributed by atoms with Crippen LogP contribution < -0.4 is 9.64 Å². The highest BCUT2D eigenvalue weighted by molar-refractivity contribution is 5.98. The molecule has 0 aromatic heterocycles. The lowest BCUT2D eigenvalue weighted by Gasteiger charge is -2.34. The normalized spacial score (nSPS) is 16.1. The lowest BCUT2D eigenvalue weighted by Crippen LogP contribution is -2.41. The molecule has 7 nitrogen and oxygen atoms in total. The summed E-state index contributed by atoms with van der Waals surface area (Å²) in [5, 5.41) is 11.2. The number of carbonyl (C=O) groups excluding carboxylic acids is 1. The van der Waals surface area contributed by atoms with Crippen LogP contribution in [0.1, 0.15) is 24.0 Å². The number of nitro benzene ring substituents is 1. The summed E-state index contributed by atoms with van der Waals surface area (Å²) in [4.78, 5) is 28.0. The van der Waals surface area contributed by atoms with E-state index in [0.717, 1.165) is 42.0 Å². The van der Waals surface area contributed by atoms with E-state index in [1.807, 2.05) is 38.4 Å². The summed E-state index contributed by atoms with van der Waals surface area (Å²) in [5.74, 6) is 0.680. The number of anilines is 1. The number of benzene rings is 2. The summed E-state index contributed by atoms with van der Waals surface area (Å²) >= 11 is 0. The number of non-ortho nitro benzene ring substituents is 1. The second-order valence-corrected chi connectivity index (χ2v) is 7.69. The van der Waals surface area contributed by atoms with Crippen LogP contribution >= 0.6 is 0 Å². The lowest BCUT2D eigenvalue weighted by molar-refractivity contribution is -0.384. The van der Waals surface area contributed by atoms with Gasteiger partial charge in [-0.1, -0.05) is 12.1 Å². The predicted molar refractivity (Wildman–Crippen MR) is 112 cm³/mol. The molecule has 0 radical (unpaired) electrons. The highest BCUT2D eigenvalue weighted by Gasteiger charge is 2.33. The van der Waals surface area contributed by atoms with Gasteiger partial charge < -0.3 is 14.5 Å². The fraction of sp³-hybridized carbons (Fsp3) is 0.409. The van der Waals surface area contributed by atoms with Gasteiger partial charge in [0.1, 0.15) is 5.75 Å². The Kier molecular flexibility index (Phi) is 6.49. The Morgan fingerprint density at radius 3 is 2.55 bits per heavy atom. The van der Waals surface area contributed by atoms with Gasteiger partial charge in [0.25, 0.3) is 5.69 Å². The standard InChI is InChI=1S/C22H27N3O4/c1-23(2)12-4-5-17-13-18-14-19(25(27)28)8-11-21(18)24(22(17)26)15-16-6-9-20(29-3)10-7-16/h6-11,14,17H,4-5,12-13,15H2,1-3H3. The van der Waals surface area contributed by atoms with E-state index < -0.39 is 0 Å². The molecule has 0 spiro atoms. The largest absolute Gasteiger partial charge is 0.497 e. The van der Waals surface area contributed by atoms with Gasteiger partial charge in [0, 0.05) is 23.7 Å². The second kappa shape index (κ2) is 9.05. The van der Waals surface area contributed by atoms with E-state index in [2.05, 4.69) is 4.90 Å². The van der Waals surface area contributed by atoms with Crippen molar-refractivity contribution in [1.29, 1.82) is 0 Å². The number of carbonyl (C=O) groups is 1. The first-order chi connectivity index (χ1) is 13.9. The van der Waals surface area contributed by atoms with Crippen LogP contribution in [0.3, 0.4) is 0 Å². The number of hydrogen-bond donors (Lipinski definition) is 0. The van der Waals surface area contributed by atoms with Gasteiger partial charge in [0.15, 0.2) is 0 Å². The number of nitro groups is 1. The molecule has 0 bridgehead atoms. The van der Waals surface area contributed by atoms with Gasteiger partial charge in [-0.25, -0.2) is 0 Å². The smallest absolute Gasteiger partial charge is 0.269 e. The van der Waals surface area contributed by atoms with Gasteiger partial charge in [-0.2, -0.15) is 0 Å². The molecule has 1 aliphatic heterocycles. The molecule has 29 heavy (non-hydrogen) atoms. The third-order valence-corrected chi connectivity index (χ3v) is 5.30. The molecule has 1 unspecified atom stereocenters. The summed E-state index contributed by atoms with van der Waals surface area (Å²) in [6.07, 6.45) is 2.21. The van der Waals surface area contributed by atoms with Crippen LogP contribution in [0.25, 0.3) is 0 Å². The first kappa shape index (κ1) is 20.8. The highest BCUT2D eigenvalue weighted by Crippen LogP contribution is 2.36. The van der Waals surface area contributed by atoms with Crippen LogP contribution in [0.4, 0.5) is 11.4 Å². The van der Waals surface area contributed by atoms with Crippen LogP contribution in [0.2, 0.25) is 0 Å². The number of ether oxygens (including phenoxy) is 1. The van der Waals surface area contributed by atoms with E-state index in [1.165, 1.54) is 6.07 Å². The Labute approximate surface area is 171 Å². The van der Waals surface area contributed by atoms with E-state index in [0.29, 0.717) is 13.0 Å². The number of fused-ring (bicyclic) bond motifs is 1. The zero-order chi connectivity index (χ0) is 21.0. The SMILES string of the molecule is COc1ccc(CN2C(=O)C(CCCN(C)C)Cc3cc([N+](=O)[O-])ccc32)cc1. The highest BCUT2D eigenvalue weighted by atomic mass is 16.6. The molecular formula is C22H27N3O4. The average molecular weight is 397 g/mol. The molecule has 1 atom stereocenters. The molecule has 2 aromatic rings. The summed E-state index contributed by atoms with van der Waals surface area (Å²) in [5.41, 5.74) is 2.68. The van der Waals surface area contributed by atoms with Gasteiger partial charge >= 0.3 is 0 Å². The third-order valence-electron chi connectivity index (χ3n) is 5.30. The van der Waals surface area contributed by atoms with Crippen molar-refractivity contribution in [2.75, 3.05) is 32.6 Å². The van der Waals surface area contributed by atoms with Crippen molar-refractivity contribution < 1.29 is 14.5 Å². The number of amides is 1.